The topological polar surface area (TPSA) is 44.1 Å². The molecule has 1 aliphatic rings. The number of aryl methyl sites for hydroxylation is 1. The lowest BCUT2D eigenvalue weighted by molar-refractivity contribution is -0.132. The van der Waals surface area contributed by atoms with Gasteiger partial charge in [0.1, 0.15) is 11.9 Å². The summed E-state index contributed by atoms with van der Waals surface area (Å²) in [5, 5.41) is 0. The van der Waals surface area contributed by atoms with Crippen LogP contribution in [0, 0.1) is 5.92 Å². The Kier molecular flexibility index (Phi) is 4.53. The number of imidazole rings is 1. The Bertz CT molecular complexity index is 394. The SMILES string of the molecule is COC(C(=O)Cc1nccn1C)C1CCCCC1. The van der Waals surface area contributed by atoms with E-state index in [4.69, 9.17) is 4.74 Å². The number of ether oxygens (including phenoxy) is 1. The van der Waals surface area contributed by atoms with Crippen LogP contribution in [-0.4, -0.2) is 28.5 Å². The Morgan fingerprint density at radius 3 is 2.78 bits per heavy atom. The zero-order valence-corrected chi connectivity index (χ0v) is 11.3. The molecule has 1 atom stereocenters. The van der Waals surface area contributed by atoms with Crippen LogP contribution in [0.1, 0.15) is 37.9 Å². The van der Waals surface area contributed by atoms with Gasteiger partial charge in [-0.15, -0.1) is 0 Å². The van der Waals surface area contributed by atoms with Crippen LogP contribution in [0.25, 0.3) is 0 Å². The van der Waals surface area contributed by atoms with Gasteiger partial charge in [0, 0.05) is 26.6 Å². The van der Waals surface area contributed by atoms with Crippen molar-refractivity contribution in [1.82, 2.24) is 9.55 Å². The lowest BCUT2D eigenvalue weighted by Crippen LogP contribution is -2.34. The zero-order chi connectivity index (χ0) is 13.0. The van der Waals surface area contributed by atoms with E-state index in [1.165, 1.54) is 19.3 Å². The van der Waals surface area contributed by atoms with Crippen molar-refractivity contribution < 1.29 is 9.53 Å². The van der Waals surface area contributed by atoms with Gasteiger partial charge in [0.2, 0.25) is 0 Å². The van der Waals surface area contributed by atoms with Gasteiger partial charge in [0.05, 0.1) is 6.42 Å². The van der Waals surface area contributed by atoms with Crippen molar-refractivity contribution in [2.45, 2.75) is 44.6 Å². The Morgan fingerprint density at radius 2 is 2.22 bits per heavy atom. The Balaban J connectivity index is 1.99. The van der Waals surface area contributed by atoms with Crippen molar-refractivity contribution in [2.75, 3.05) is 7.11 Å². The molecule has 1 saturated carbocycles. The molecule has 100 valence electrons. The first-order chi connectivity index (χ1) is 8.72. The molecule has 1 aromatic rings. The highest BCUT2D eigenvalue weighted by Crippen LogP contribution is 2.28. The molecule has 4 nitrogen and oxygen atoms in total. The van der Waals surface area contributed by atoms with E-state index in [-0.39, 0.29) is 11.9 Å². The molecule has 0 radical (unpaired) electrons. The molecule has 0 saturated heterocycles. The third-order valence-corrected chi connectivity index (χ3v) is 3.90. The maximum atomic E-state index is 12.3. The fourth-order valence-electron chi connectivity index (χ4n) is 2.85. The van der Waals surface area contributed by atoms with Gasteiger partial charge in [-0.2, -0.15) is 0 Å². The van der Waals surface area contributed by atoms with E-state index in [1.807, 2.05) is 17.8 Å². The molecule has 4 heteroatoms. The van der Waals surface area contributed by atoms with Crippen LogP contribution < -0.4 is 0 Å². The zero-order valence-electron chi connectivity index (χ0n) is 11.3. The third kappa shape index (κ3) is 2.99. The van der Waals surface area contributed by atoms with E-state index in [0.29, 0.717) is 12.3 Å². The second kappa shape index (κ2) is 6.14. The third-order valence-electron chi connectivity index (χ3n) is 3.90. The number of carbonyl (C=O) groups excluding carboxylic acids is 1. The Morgan fingerprint density at radius 1 is 1.50 bits per heavy atom. The summed E-state index contributed by atoms with van der Waals surface area (Å²) in [6.07, 6.45) is 9.69. The smallest absolute Gasteiger partial charge is 0.169 e. The lowest BCUT2D eigenvalue weighted by atomic mass is 9.83. The Hall–Kier alpha value is -1.16. The first-order valence-electron chi connectivity index (χ1n) is 6.74. The monoisotopic (exact) mass is 250 g/mol. The van der Waals surface area contributed by atoms with E-state index >= 15 is 0 Å². The number of nitrogens with zero attached hydrogens (tertiary/aromatic N) is 2. The van der Waals surface area contributed by atoms with E-state index in [2.05, 4.69) is 4.98 Å². The van der Waals surface area contributed by atoms with E-state index in [0.717, 1.165) is 18.7 Å². The van der Waals surface area contributed by atoms with Crippen LogP contribution in [0.4, 0.5) is 0 Å². The van der Waals surface area contributed by atoms with Crippen LogP contribution >= 0.6 is 0 Å². The quantitative estimate of drug-likeness (QED) is 0.804. The standard InChI is InChI=1S/C14H22N2O2/c1-16-9-8-15-13(16)10-12(17)14(18-2)11-6-4-3-5-7-11/h8-9,11,14H,3-7,10H2,1-2H3. The van der Waals surface area contributed by atoms with Gasteiger partial charge >= 0.3 is 0 Å². The fraction of sp³-hybridized carbons (Fsp3) is 0.714. The summed E-state index contributed by atoms with van der Waals surface area (Å²) in [5.41, 5.74) is 0. The predicted octanol–water partition coefficient (Wildman–Crippen LogP) is 2.13. The summed E-state index contributed by atoms with van der Waals surface area (Å²) in [6.45, 7) is 0. The molecular weight excluding hydrogens is 228 g/mol. The molecule has 0 aromatic carbocycles. The summed E-state index contributed by atoms with van der Waals surface area (Å²) in [4.78, 5) is 16.5. The molecule has 0 aliphatic heterocycles. The molecule has 0 spiro atoms. The average Bonchev–Trinajstić information content (AvgIpc) is 2.77. The summed E-state index contributed by atoms with van der Waals surface area (Å²) in [6, 6.07) is 0. The molecule has 1 aliphatic carbocycles. The van der Waals surface area contributed by atoms with Crippen molar-refractivity contribution in [3.8, 4) is 0 Å². The summed E-state index contributed by atoms with van der Waals surface area (Å²) < 4.78 is 7.35. The van der Waals surface area contributed by atoms with Crippen molar-refractivity contribution in [3.05, 3.63) is 18.2 Å². The fourth-order valence-corrected chi connectivity index (χ4v) is 2.85. The minimum atomic E-state index is -0.248. The minimum Gasteiger partial charge on any atom is -0.373 e. The predicted molar refractivity (Wildman–Crippen MR) is 69.3 cm³/mol. The number of methoxy groups -OCH3 is 1. The van der Waals surface area contributed by atoms with Gasteiger partial charge in [0.15, 0.2) is 5.78 Å². The number of carbonyl (C=O) groups is 1. The maximum absolute atomic E-state index is 12.3. The van der Waals surface area contributed by atoms with Gasteiger partial charge in [-0.3, -0.25) is 4.79 Å². The maximum Gasteiger partial charge on any atom is 0.169 e. The van der Waals surface area contributed by atoms with E-state index in [9.17, 15) is 4.79 Å². The number of rotatable bonds is 5. The first kappa shape index (κ1) is 13.3. The van der Waals surface area contributed by atoms with Gasteiger partial charge in [0.25, 0.3) is 0 Å². The molecule has 1 fully saturated rings. The molecule has 0 bridgehead atoms. The van der Waals surface area contributed by atoms with Gasteiger partial charge in [-0.1, -0.05) is 19.3 Å². The molecule has 2 rings (SSSR count). The highest BCUT2D eigenvalue weighted by molar-refractivity contribution is 5.85. The second-order valence-electron chi connectivity index (χ2n) is 5.15. The highest BCUT2D eigenvalue weighted by Gasteiger charge is 2.29. The highest BCUT2D eigenvalue weighted by atomic mass is 16.5. The summed E-state index contributed by atoms with van der Waals surface area (Å²) >= 11 is 0. The van der Waals surface area contributed by atoms with Crippen LogP contribution in [0.3, 0.4) is 0 Å². The molecule has 1 unspecified atom stereocenters. The first-order valence-corrected chi connectivity index (χ1v) is 6.74. The normalized spacial score (nSPS) is 18.8. The summed E-state index contributed by atoms with van der Waals surface area (Å²) in [5.74, 6) is 1.38. The van der Waals surface area contributed by atoms with Crippen molar-refractivity contribution in [3.63, 3.8) is 0 Å². The van der Waals surface area contributed by atoms with Crippen molar-refractivity contribution in [1.29, 1.82) is 0 Å². The van der Waals surface area contributed by atoms with Crippen molar-refractivity contribution >= 4 is 5.78 Å². The molecule has 0 amide bonds. The Labute approximate surface area is 108 Å². The number of hydrogen-bond acceptors (Lipinski definition) is 3. The number of aromatic nitrogens is 2. The second-order valence-corrected chi connectivity index (χ2v) is 5.15. The van der Waals surface area contributed by atoms with Crippen LogP contribution in [0.5, 0.6) is 0 Å². The largest absolute Gasteiger partial charge is 0.373 e. The number of ketones is 1. The molecule has 1 aromatic heterocycles. The minimum absolute atomic E-state index is 0.165. The van der Waals surface area contributed by atoms with E-state index < -0.39 is 0 Å². The summed E-state index contributed by atoms with van der Waals surface area (Å²) in [7, 11) is 3.56. The molecule has 1 heterocycles. The molecule has 18 heavy (non-hydrogen) atoms. The van der Waals surface area contributed by atoms with Crippen LogP contribution in [0.15, 0.2) is 12.4 Å². The van der Waals surface area contributed by atoms with Crippen LogP contribution in [0.2, 0.25) is 0 Å². The van der Waals surface area contributed by atoms with Crippen molar-refractivity contribution in [2.24, 2.45) is 13.0 Å². The number of hydrogen-bond donors (Lipinski definition) is 0. The van der Waals surface area contributed by atoms with E-state index in [1.54, 1.807) is 13.3 Å². The molecule has 0 N–H and O–H groups in total. The lowest BCUT2D eigenvalue weighted by Gasteiger charge is -2.28. The van der Waals surface area contributed by atoms with Crippen LogP contribution in [-0.2, 0) is 23.0 Å². The van der Waals surface area contributed by atoms with Gasteiger partial charge in [-0.25, -0.2) is 4.98 Å². The van der Waals surface area contributed by atoms with Gasteiger partial charge in [-0.05, 0) is 18.8 Å². The number of Topliss-reactive ketones (excluding diaryl/α,β-unsaturated/α-hetero) is 1. The molecular formula is C14H22N2O2. The average molecular weight is 250 g/mol. The van der Waals surface area contributed by atoms with Gasteiger partial charge < -0.3 is 9.30 Å².